The number of hydrogen-bond acceptors (Lipinski definition) is 10. The van der Waals surface area contributed by atoms with Crippen LogP contribution in [0.2, 0.25) is 0 Å². The Morgan fingerprint density at radius 3 is 2.76 bits per heavy atom. The topological polar surface area (TPSA) is 148 Å². The summed E-state index contributed by atoms with van der Waals surface area (Å²) in [7, 11) is 1.71. The maximum absolute atomic E-state index is 13.6. The summed E-state index contributed by atoms with van der Waals surface area (Å²) >= 11 is 0. The normalized spacial score (nSPS) is 15.0. The van der Waals surface area contributed by atoms with Crippen molar-refractivity contribution in [3.63, 3.8) is 0 Å². The summed E-state index contributed by atoms with van der Waals surface area (Å²) in [6.45, 7) is 7.17. The number of ether oxygens (including phenoxy) is 1. The van der Waals surface area contributed by atoms with Gasteiger partial charge in [0.25, 0.3) is 5.91 Å². The van der Waals surface area contributed by atoms with Crippen molar-refractivity contribution >= 4 is 39.6 Å². The van der Waals surface area contributed by atoms with E-state index in [-0.39, 0.29) is 24.5 Å². The fourth-order valence-corrected chi connectivity index (χ4v) is 5.50. The van der Waals surface area contributed by atoms with Crippen molar-refractivity contribution in [3.8, 4) is 0 Å². The summed E-state index contributed by atoms with van der Waals surface area (Å²) in [5.74, 6) is 0.769. The standard InChI is InChI=1S/C29H39N9O3/c1-3-5-21(9-16-39)33-27-26-24(34-29(30)35-27)18-32-38(26)19-20-7-8-23(22-6-4-10-31-25(20)22)28(40)37-13-11-36(12-14-37)15-17-41-2/h4,6-8,10,18,21,39H,3,5,9,11-17,19H2,1-2H3,(H3,30,33,34,35). The largest absolute Gasteiger partial charge is 0.396 e. The van der Waals surface area contributed by atoms with Gasteiger partial charge in [0.05, 0.1) is 24.9 Å². The maximum atomic E-state index is 13.6. The number of benzene rings is 1. The first kappa shape index (κ1) is 28.7. The Labute approximate surface area is 239 Å². The van der Waals surface area contributed by atoms with E-state index in [1.54, 1.807) is 19.5 Å². The second kappa shape index (κ2) is 13.2. The highest BCUT2D eigenvalue weighted by atomic mass is 16.5. The van der Waals surface area contributed by atoms with E-state index in [0.717, 1.165) is 54.5 Å². The van der Waals surface area contributed by atoms with Gasteiger partial charge in [-0.25, -0.2) is 4.98 Å². The number of piperazine rings is 1. The van der Waals surface area contributed by atoms with E-state index in [4.69, 9.17) is 10.5 Å². The average Bonchev–Trinajstić information content (AvgIpc) is 3.38. The number of fused-ring (bicyclic) bond motifs is 2. The molecule has 1 unspecified atom stereocenters. The molecule has 4 heterocycles. The number of methoxy groups -OCH3 is 1. The molecule has 1 aliphatic heterocycles. The van der Waals surface area contributed by atoms with Gasteiger partial charge in [-0.2, -0.15) is 10.1 Å². The number of pyridine rings is 1. The molecular formula is C29H39N9O3. The van der Waals surface area contributed by atoms with Crippen LogP contribution in [0.25, 0.3) is 21.9 Å². The lowest BCUT2D eigenvalue weighted by atomic mass is 10.0. The number of aliphatic hydroxyl groups excluding tert-OH is 1. The van der Waals surface area contributed by atoms with Crippen molar-refractivity contribution in [2.24, 2.45) is 0 Å². The molecule has 1 aromatic carbocycles. The summed E-state index contributed by atoms with van der Waals surface area (Å²) in [5.41, 5.74) is 9.72. The molecule has 1 fully saturated rings. The zero-order chi connectivity index (χ0) is 28.8. The van der Waals surface area contributed by atoms with E-state index in [0.29, 0.717) is 49.6 Å². The van der Waals surface area contributed by atoms with E-state index in [1.807, 2.05) is 33.8 Å². The van der Waals surface area contributed by atoms with Crippen LogP contribution < -0.4 is 11.1 Å². The molecule has 0 radical (unpaired) electrons. The Bertz CT molecular complexity index is 1480. The summed E-state index contributed by atoms with van der Waals surface area (Å²) in [6.07, 6.45) is 5.87. The molecule has 4 N–H and O–H groups in total. The molecule has 1 aliphatic rings. The SMILES string of the molecule is CCCC(CCO)Nc1nc(N)nc2cnn(Cc3ccc(C(=O)N4CCN(CCOC)CC4)c4cccnc34)c12. The van der Waals surface area contributed by atoms with Gasteiger partial charge < -0.3 is 25.8 Å². The molecule has 41 heavy (non-hydrogen) atoms. The number of rotatable bonds is 12. The Hall–Kier alpha value is -3.87. The lowest BCUT2D eigenvalue weighted by Gasteiger charge is -2.34. The van der Waals surface area contributed by atoms with Gasteiger partial charge in [0, 0.05) is 69.6 Å². The van der Waals surface area contributed by atoms with Crippen LogP contribution in [-0.2, 0) is 11.3 Å². The quantitative estimate of drug-likeness (QED) is 0.235. The van der Waals surface area contributed by atoms with Gasteiger partial charge in [0.1, 0.15) is 11.0 Å². The number of nitrogens with zero attached hydrogens (tertiary/aromatic N) is 7. The Balaban J connectivity index is 1.43. The number of amides is 1. The minimum Gasteiger partial charge on any atom is -0.396 e. The van der Waals surface area contributed by atoms with Crippen molar-refractivity contribution in [2.45, 2.75) is 38.8 Å². The van der Waals surface area contributed by atoms with Gasteiger partial charge in [0.2, 0.25) is 5.95 Å². The molecule has 12 nitrogen and oxygen atoms in total. The van der Waals surface area contributed by atoms with Crippen LogP contribution in [0.4, 0.5) is 11.8 Å². The molecule has 0 saturated carbocycles. The number of hydrogen-bond donors (Lipinski definition) is 3. The Kier molecular flexibility index (Phi) is 9.22. The third-order valence-electron chi connectivity index (χ3n) is 7.64. The molecule has 1 amide bonds. The van der Waals surface area contributed by atoms with Gasteiger partial charge in [-0.1, -0.05) is 25.5 Å². The second-order valence-electron chi connectivity index (χ2n) is 10.4. The van der Waals surface area contributed by atoms with Crippen LogP contribution in [0, 0.1) is 0 Å². The number of carbonyl (C=O) groups is 1. The first-order valence-electron chi connectivity index (χ1n) is 14.3. The van der Waals surface area contributed by atoms with E-state index in [2.05, 4.69) is 37.2 Å². The van der Waals surface area contributed by atoms with Crippen LogP contribution in [0.3, 0.4) is 0 Å². The van der Waals surface area contributed by atoms with E-state index >= 15 is 0 Å². The summed E-state index contributed by atoms with van der Waals surface area (Å²) < 4.78 is 7.03. The van der Waals surface area contributed by atoms with Gasteiger partial charge >= 0.3 is 0 Å². The predicted octanol–water partition coefficient (Wildman–Crippen LogP) is 2.37. The van der Waals surface area contributed by atoms with Crippen LogP contribution >= 0.6 is 0 Å². The average molecular weight is 562 g/mol. The van der Waals surface area contributed by atoms with E-state index in [9.17, 15) is 9.90 Å². The predicted molar refractivity (Wildman–Crippen MR) is 159 cm³/mol. The number of carbonyl (C=O) groups excluding carboxylic acids is 1. The van der Waals surface area contributed by atoms with Crippen molar-refractivity contribution in [3.05, 3.63) is 47.8 Å². The van der Waals surface area contributed by atoms with Crippen LogP contribution in [-0.4, -0.2) is 105 Å². The molecule has 0 aliphatic carbocycles. The summed E-state index contributed by atoms with van der Waals surface area (Å²) in [5, 5.41) is 18.4. The number of nitrogen functional groups attached to an aromatic ring is 1. The molecule has 0 bridgehead atoms. The van der Waals surface area contributed by atoms with Crippen molar-refractivity contribution in [2.75, 3.05) is 64.1 Å². The van der Waals surface area contributed by atoms with Crippen LogP contribution in [0.1, 0.15) is 42.1 Å². The fourth-order valence-electron chi connectivity index (χ4n) is 5.50. The Morgan fingerprint density at radius 1 is 1.17 bits per heavy atom. The number of anilines is 2. The van der Waals surface area contributed by atoms with Crippen LogP contribution in [0.15, 0.2) is 36.7 Å². The zero-order valence-electron chi connectivity index (χ0n) is 23.8. The lowest BCUT2D eigenvalue weighted by molar-refractivity contribution is 0.0596. The number of nitrogens with two attached hydrogens (primary N) is 1. The van der Waals surface area contributed by atoms with Gasteiger partial charge in [-0.05, 0) is 30.5 Å². The van der Waals surface area contributed by atoms with Crippen molar-refractivity contribution in [1.29, 1.82) is 0 Å². The number of aliphatic hydroxyl groups is 1. The maximum Gasteiger partial charge on any atom is 0.254 e. The molecule has 218 valence electrons. The van der Waals surface area contributed by atoms with Crippen molar-refractivity contribution in [1.82, 2.24) is 34.5 Å². The highest BCUT2D eigenvalue weighted by molar-refractivity contribution is 6.07. The van der Waals surface area contributed by atoms with E-state index < -0.39 is 0 Å². The molecule has 12 heteroatoms. The highest BCUT2D eigenvalue weighted by Crippen LogP contribution is 2.27. The third-order valence-corrected chi connectivity index (χ3v) is 7.64. The first-order valence-corrected chi connectivity index (χ1v) is 14.3. The van der Waals surface area contributed by atoms with Gasteiger partial charge in [-0.15, -0.1) is 0 Å². The fraction of sp³-hybridized carbons (Fsp3) is 0.483. The van der Waals surface area contributed by atoms with Crippen molar-refractivity contribution < 1.29 is 14.6 Å². The highest BCUT2D eigenvalue weighted by Gasteiger charge is 2.24. The number of aromatic nitrogens is 5. The molecule has 1 atom stereocenters. The van der Waals surface area contributed by atoms with Gasteiger partial charge in [0.15, 0.2) is 5.82 Å². The smallest absolute Gasteiger partial charge is 0.254 e. The second-order valence-corrected chi connectivity index (χ2v) is 10.4. The summed E-state index contributed by atoms with van der Waals surface area (Å²) in [4.78, 5) is 31.4. The van der Waals surface area contributed by atoms with Crippen LogP contribution in [0.5, 0.6) is 0 Å². The minimum absolute atomic E-state index is 0.0201. The zero-order valence-corrected chi connectivity index (χ0v) is 23.8. The minimum atomic E-state index is 0.0201. The molecular weight excluding hydrogens is 522 g/mol. The Morgan fingerprint density at radius 2 is 2.00 bits per heavy atom. The molecule has 5 rings (SSSR count). The van der Waals surface area contributed by atoms with E-state index in [1.165, 1.54) is 0 Å². The molecule has 1 saturated heterocycles. The lowest BCUT2D eigenvalue weighted by Crippen LogP contribution is -2.49. The van der Waals surface area contributed by atoms with Gasteiger partial charge in [-0.3, -0.25) is 19.4 Å². The first-order chi connectivity index (χ1) is 20.0. The summed E-state index contributed by atoms with van der Waals surface area (Å²) in [6, 6.07) is 7.72. The molecule has 4 aromatic rings. The number of nitrogens with one attached hydrogen (secondary N) is 1. The molecule has 3 aromatic heterocycles. The molecule has 0 spiro atoms. The third kappa shape index (κ3) is 6.39. The monoisotopic (exact) mass is 561 g/mol.